The van der Waals surface area contributed by atoms with Crippen molar-refractivity contribution in [2.45, 2.75) is 24.3 Å². The molecular formula is C23H23NOS. The number of rotatable bonds is 7. The maximum absolute atomic E-state index is 12.5. The summed E-state index contributed by atoms with van der Waals surface area (Å²) in [6.45, 7) is 2.08. The normalized spacial score (nSPS) is 10.7. The lowest BCUT2D eigenvalue weighted by molar-refractivity contribution is -0.121. The van der Waals surface area contributed by atoms with Crippen molar-refractivity contribution < 1.29 is 4.79 Å². The summed E-state index contributed by atoms with van der Waals surface area (Å²) in [5, 5.41) is 3.19. The highest BCUT2D eigenvalue weighted by Crippen LogP contribution is 2.23. The molecule has 0 atom stereocenters. The first-order chi connectivity index (χ1) is 12.7. The standard InChI is InChI=1S/C23H23NOS/c1-18-12-14-21(15-13-18)26-17-16-22(25)24-23(19-8-4-2-5-9-19)20-10-6-3-7-11-20/h2-15,23H,16-17H2,1H3,(H,24,25). The van der Waals surface area contributed by atoms with Crippen LogP contribution in [0.5, 0.6) is 0 Å². The van der Waals surface area contributed by atoms with E-state index >= 15 is 0 Å². The van der Waals surface area contributed by atoms with Crippen LogP contribution in [0.4, 0.5) is 0 Å². The second kappa shape index (κ2) is 9.25. The summed E-state index contributed by atoms with van der Waals surface area (Å²) in [6, 6.07) is 28.5. The molecule has 3 aromatic carbocycles. The summed E-state index contributed by atoms with van der Waals surface area (Å²) in [7, 11) is 0. The molecule has 3 rings (SSSR count). The SMILES string of the molecule is Cc1ccc(SCCC(=O)NC(c2ccccc2)c2ccccc2)cc1. The van der Waals surface area contributed by atoms with Gasteiger partial charge in [0.2, 0.25) is 5.91 Å². The van der Waals surface area contributed by atoms with E-state index in [1.165, 1.54) is 10.5 Å². The summed E-state index contributed by atoms with van der Waals surface area (Å²) in [5.41, 5.74) is 3.44. The number of thioether (sulfide) groups is 1. The first-order valence-electron chi connectivity index (χ1n) is 8.81. The average molecular weight is 362 g/mol. The van der Waals surface area contributed by atoms with Crippen LogP contribution >= 0.6 is 11.8 Å². The summed E-state index contributed by atoms with van der Waals surface area (Å²) in [5.74, 6) is 0.841. The third-order valence-corrected chi connectivity index (χ3v) is 5.20. The number of aryl methyl sites for hydroxylation is 1. The van der Waals surface area contributed by atoms with Crippen LogP contribution in [0.2, 0.25) is 0 Å². The zero-order valence-corrected chi connectivity index (χ0v) is 15.7. The van der Waals surface area contributed by atoms with E-state index in [2.05, 4.69) is 60.8 Å². The smallest absolute Gasteiger partial charge is 0.221 e. The molecule has 0 aliphatic rings. The maximum atomic E-state index is 12.5. The Morgan fingerprint density at radius 3 is 1.92 bits per heavy atom. The van der Waals surface area contributed by atoms with Gasteiger partial charge in [0.05, 0.1) is 6.04 Å². The molecule has 0 radical (unpaired) electrons. The van der Waals surface area contributed by atoms with Crippen LogP contribution in [-0.2, 0) is 4.79 Å². The van der Waals surface area contributed by atoms with Crippen LogP contribution in [0, 0.1) is 6.92 Å². The van der Waals surface area contributed by atoms with E-state index in [4.69, 9.17) is 0 Å². The predicted molar refractivity (Wildman–Crippen MR) is 109 cm³/mol. The highest BCUT2D eigenvalue weighted by atomic mass is 32.2. The number of hydrogen-bond donors (Lipinski definition) is 1. The monoisotopic (exact) mass is 361 g/mol. The van der Waals surface area contributed by atoms with Crippen molar-refractivity contribution in [1.29, 1.82) is 0 Å². The fraction of sp³-hybridized carbons (Fsp3) is 0.174. The van der Waals surface area contributed by atoms with Gasteiger partial charge < -0.3 is 5.32 Å². The van der Waals surface area contributed by atoms with Crippen molar-refractivity contribution in [2.75, 3.05) is 5.75 Å². The second-order valence-corrected chi connectivity index (χ2v) is 7.40. The molecule has 0 fully saturated rings. The van der Waals surface area contributed by atoms with Gasteiger partial charge in [-0.25, -0.2) is 0 Å². The lowest BCUT2D eigenvalue weighted by Crippen LogP contribution is -2.29. The Hall–Kier alpha value is -2.52. The lowest BCUT2D eigenvalue weighted by Gasteiger charge is -2.20. The van der Waals surface area contributed by atoms with E-state index in [0.717, 1.165) is 16.9 Å². The van der Waals surface area contributed by atoms with Crippen LogP contribution in [0.3, 0.4) is 0 Å². The highest BCUT2D eigenvalue weighted by molar-refractivity contribution is 7.99. The molecular weight excluding hydrogens is 338 g/mol. The summed E-state index contributed by atoms with van der Waals surface area (Å²) in [6.07, 6.45) is 0.495. The third-order valence-electron chi connectivity index (χ3n) is 4.19. The Kier molecular flexibility index (Phi) is 6.50. The Bertz CT molecular complexity index is 776. The van der Waals surface area contributed by atoms with E-state index < -0.39 is 0 Å². The first-order valence-corrected chi connectivity index (χ1v) is 9.79. The van der Waals surface area contributed by atoms with Gasteiger partial charge in [-0.15, -0.1) is 11.8 Å². The van der Waals surface area contributed by atoms with E-state index in [9.17, 15) is 4.79 Å². The molecule has 3 heteroatoms. The van der Waals surface area contributed by atoms with E-state index in [1.807, 2.05) is 36.4 Å². The van der Waals surface area contributed by atoms with Crippen molar-refractivity contribution in [3.05, 3.63) is 102 Å². The summed E-state index contributed by atoms with van der Waals surface area (Å²) < 4.78 is 0. The first kappa shape index (κ1) is 18.3. The molecule has 0 aliphatic heterocycles. The molecule has 26 heavy (non-hydrogen) atoms. The Balaban J connectivity index is 1.61. The number of nitrogens with one attached hydrogen (secondary N) is 1. The molecule has 0 spiro atoms. The van der Waals surface area contributed by atoms with Gasteiger partial charge in [0, 0.05) is 17.1 Å². The predicted octanol–water partition coefficient (Wildman–Crippen LogP) is 5.38. The third kappa shape index (κ3) is 5.24. The fourth-order valence-corrected chi connectivity index (χ4v) is 3.63. The topological polar surface area (TPSA) is 29.1 Å². The molecule has 1 N–H and O–H groups in total. The van der Waals surface area contributed by atoms with Gasteiger partial charge in [0.1, 0.15) is 0 Å². The van der Waals surface area contributed by atoms with Crippen molar-refractivity contribution in [2.24, 2.45) is 0 Å². The van der Waals surface area contributed by atoms with Gasteiger partial charge in [0.25, 0.3) is 0 Å². The van der Waals surface area contributed by atoms with Crippen LogP contribution in [0.15, 0.2) is 89.8 Å². The zero-order chi connectivity index (χ0) is 18.2. The Morgan fingerprint density at radius 1 is 0.846 bits per heavy atom. The largest absolute Gasteiger partial charge is 0.345 e. The zero-order valence-electron chi connectivity index (χ0n) is 14.9. The highest BCUT2D eigenvalue weighted by Gasteiger charge is 2.16. The second-order valence-electron chi connectivity index (χ2n) is 6.23. The molecule has 2 nitrogen and oxygen atoms in total. The quantitative estimate of drug-likeness (QED) is 0.572. The molecule has 3 aromatic rings. The molecule has 0 saturated carbocycles. The van der Waals surface area contributed by atoms with E-state index in [0.29, 0.717) is 6.42 Å². The molecule has 0 aromatic heterocycles. The number of hydrogen-bond acceptors (Lipinski definition) is 2. The van der Waals surface area contributed by atoms with Gasteiger partial charge in [-0.1, -0.05) is 78.4 Å². The maximum Gasteiger partial charge on any atom is 0.221 e. The van der Waals surface area contributed by atoms with E-state index in [-0.39, 0.29) is 11.9 Å². The Morgan fingerprint density at radius 2 is 1.38 bits per heavy atom. The number of carbonyl (C=O) groups excluding carboxylic acids is 1. The fourth-order valence-electron chi connectivity index (χ4n) is 2.78. The molecule has 0 bridgehead atoms. The minimum atomic E-state index is -0.116. The van der Waals surface area contributed by atoms with Crippen molar-refractivity contribution in [1.82, 2.24) is 5.32 Å². The van der Waals surface area contributed by atoms with Gasteiger partial charge in [0.15, 0.2) is 0 Å². The van der Waals surface area contributed by atoms with Crippen LogP contribution in [0.1, 0.15) is 29.2 Å². The number of amides is 1. The van der Waals surface area contributed by atoms with Gasteiger partial charge in [-0.05, 0) is 30.2 Å². The van der Waals surface area contributed by atoms with Crippen LogP contribution in [0.25, 0.3) is 0 Å². The van der Waals surface area contributed by atoms with Crippen molar-refractivity contribution >= 4 is 17.7 Å². The molecule has 132 valence electrons. The lowest BCUT2D eigenvalue weighted by atomic mass is 9.98. The molecule has 0 aliphatic carbocycles. The van der Waals surface area contributed by atoms with Gasteiger partial charge in [-0.2, -0.15) is 0 Å². The van der Waals surface area contributed by atoms with Gasteiger partial charge in [-0.3, -0.25) is 4.79 Å². The minimum Gasteiger partial charge on any atom is -0.345 e. The van der Waals surface area contributed by atoms with Gasteiger partial charge >= 0.3 is 0 Å². The molecule has 0 unspecified atom stereocenters. The molecule has 1 amide bonds. The van der Waals surface area contributed by atoms with Crippen molar-refractivity contribution in [3.63, 3.8) is 0 Å². The Labute approximate surface area is 159 Å². The van der Waals surface area contributed by atoms with Crippen LogP contribution < -0.4 is 5.32 Å². The molecule has 0 saturated heterocycles. The van der Waals surface area contributed by atoms with E-state index in [1.54, 1.807) is 11.8 Å². The average Bonchev–Trinajstić information content (AvgIpc) is 2.69. The summed E-state index contributed by atoms with van der Waals surface area (Å²) >= 11 is 1.72. The van der Waals surface area contributed by atoms with Crippen molar-refractivity contribution in [3.8, 4) is 0 Å². The summed E-state index contributed by atoms with van der Waals surface area (Å²) in [4.78, 5) is 13.7. The van der Waals surface area contributed by atoms with Crippen LogP contribution in [-0.4, -0.2) is 11.7 Å². The number of benzene rings is 3. The number of carbonyl (C=O) groups is 1. The minimum absolute atomic E-state index is 0.0716. The molecule has 0 heterocycles.